The van der Waals surface area contributed by atoms with Crippen LogP contribution in [0.4, 0.5) is 5.69 Å². The van der Waals surface area contributed by atoms with Gasteiger partial charge in [-0.2, -0.15) is 0 Å². The Hall–Kier alpha value is -2.11. The van der Waals surface area contributed by atoms with Gasteiger partial charge in [0.25, 0.3) is 0 Å². The first-order chi connectivity index (χ1) is 8.34. The second-order valence-corrected chi connectivity index (χ2v) is 5.11. The third kappa shape index (κ3) is 1.90. The van der Waals surface area contributed by atoms with Crippen molar-refractivity contribution >= 4 is 22.7 Å². The second kappa shape index (κ2) is 3.97. The first-order valence-electron chi connectivity index (χ1n) is 5.58. The summed E-state index contributed by atoms with van der Waals surface area (Å²) in [6.07, 6.45) is 1.65. The molecule has 18 heavy (non-hydrogen) atoms. The molecule has 0 atom stereocenters. The second-order valence-electron chi connectivity index (χ2n) is 5.11. The van der Waals surface area contributed by atoms with Crippen molar-refractivity contribution in [1.82, 2.24) is 15.0 Å². The highest BCUT2D eigenvalue weighted by Crippen LogP contribution is 2.31. The molecule has 2 aromatic heterocycles. The van der Waals surface area contributed by atoms with Crippen molar-refractivity contribution in [2.24, 2.45) is 0 Å². The number of methoxy groups -OCH3 is 1. The minimum Gasteiger partial charge on any atom is -0.463 e. The van der Waals surface area contributed by atoms with Gasteiger partial charge >= 0.3 is 5.97 Å². The predicted molar refractivity (Wildman–Crippen MR) is 68.3 cm³/mol. The number of aromatic nitrogens is 3. The van der Waals surface area contributed by atoms with Gasteiger partial charge in [-0.1, -0.05) is 20.8 Å². The Kier molecular flexibility index (Phi) is 2.73. The van der Waals surface area contributed by atoms with Crippen molar-refractivity contribution in [3.8, 4) is 0 Å². The van der Waals surface area contributed by atoms with Crippen LogP contribution in [0.3, 0.4) is 0 Å². The van der Waals surface area contributed by atoms with Gasteiger partial charge in [-0.15, -0.1) is 0 Å². The number of rotatable bonds is 1. The van der Waals surface area contributed by atoms with Gasteiger partial charge in [0, 0.05) is 11.6 Å². The van der Waals surface area contributed by atoms with Gasteiger partial charge in [0.1, 0.15) is 5.65 Å². The number of carbonyl (C=O) groups is 1. The van der Waals surface area contributed by atoms with Crippen LogP contribution in [0.15, 0.2) is 6.20 Å². The number of hydrogen-bond donors (Lipinski definition) is 2. The molecule has 2 heterocycles. The van der Waals surface area contributed by atoms with Gasteiger partial charge in [-0.05, 0) is 0 Å². The molecule has 0 aliphatic carbocycles. The largest absolute Gasteiger partial charge is 0.463 e. The van der Waals surface area contributed by atoms with Gasteiger partial charge in [-0.3, -0.25) is 0 Å². The zero-order chi connectivity index (χ0) is 13.5. The van der Waals surface area contributed by atoms with Crippen LogP contribution < -0.4 is 5.73 Å². The lowest BCUT2D eigenvalue weighted by Gasteiger charge is -2.19. The predicted octanol–water partition coefficient (Wildman–Crippen LogP) is 1.62. The number of nitrogen functional groups attached to an aromatic ring is 1. The number of nitrogens with zero attached hydrogens (tertiary/aromatic N) is 2. The van der Waals surface area contributed by atoms with Crippen LogP contribution in [-0.4, -0.2) is 28.0 Å². The van der Waals surface area contributed by atoms with Gasteiger partial charge < -0.3 is 15.5 Å². The Morgan fingerprint density at radius 2 is 2.06 bits per heavy atom. The lowest BCUT2D eigenvalue weighted by Crippen LogP contribution is -2.18. The molecule has 0 radical (unpaired) electrons. The monoisotopic (exact) mass is 248 g/mol. The number of H-pyrrole nitrogens is 1. The van der Waals surface area contributed by atoms with Crippen LogP contribution in [0, 0.1) is 0 Å². The summed E-state index contributed by atoms with van der Waals surface area (Å²) in [4.78, 5) is 22.9. The van der Waals surface area contributed by atoms with E-state index < -0.39 is 5.97 Å². The molecule has 0 unspecified atom stereocenters. The maximum atomic E-state index is 11.6. The van der Waals surface area contributed by atoms with E-state index in [1.165, 1.54) is 7.11 Å². The molecule has 0 saturated carbocycles. The van der Waals surface area contributed by atoms with E-state index in [0.717, 1.165) is 11.1 Å². The first-order valence-corrected chi connectivity index (χ1v) is 5.58. The Balaban J connectivity index is 2.79. The molecule has 0 saturated heterocycles. The summed E-state index contributed by atoms with van der Waals surface area (Å²) in [5.41, 5.74) is 7.51. The van der Waals surface area contributed by atoms with Crippen molar-refractivity contribution in [2.45, 2.75) is 26.2 Å². The summed E-state index contributed by atoms with van der Waals surface area (Å²) in [6.45, 7) is 6.01. The molecule has 0 aromatic carbocycles. The Morgan fingerprint density at radius 3 is 2.61 bits per heavy atom. The van der Waals surface area contributed by atoms with E-state index in [-0.39, 0.29) is 11.2 Å². The fourth-order valence-electron chi connectivity index (χ4n) is 1.78. The van der Waals surface area contributed by atoms with E-state index in [4.69, 9.17) is 5.73 Å². The van der Waals surface area contributed by atoms with Crippen LogP contribution in [0.1, 0.15) is 37.1 Å². The van der Waals surface area contributed by atoms with Crippen LogP contribution in [0.25, 0.3) is 11.0 Å². The molecule has 2 aromatic rings. The van der Waals surface area contributed by atoms with Crippen LogP contribution in [0.5, 0.6) is 0 Å². The summed E-state index contributed by atoms with van der Waals surface area (Å²) in [6, 6.07) is 0. The summed E-state index contributed by atoms with van der Waals surface area (Å²) in [5, 5.41) is 0.759. The van der Waals surface area contributed by atoms with Crippen molar-refractivity contribution in [3.63, 3.8) is 0 Å². The Bertz CT molecular complexity index is 610. The van der Waals surface area contributed by atoms with Gasteiger partial charge in [0.15, 0.2) is 0 Å². The molecule has 0 spiro atoms. The molecule has 0 amide bonds. The van der Waals surface area contributed by atoms with Gasteiger partial charge in [-0.25, -0.2) is 14.8 Å². The molecule has 0 fully saturated rings. The molecule has 3 N–H and O–H groups in total. The molecule has 6 nitrogen and oxygen atoms in total. The number of carbonyl (C=O) groups excluding carboxylic acids is 1. The normalized spacial score (nSPS) is 11.8. The number of esters is 1. The minimum absolute atomic E-state index is 0.0387. The lowest BCUT2D eigenvalue weighted by molar-refractivity contribution is 0.0586. The van der Waals surface area contributed by atoms with Gasteiger partial charge in [0.05, 0.1) is 23.9 Å². The molecule has 0 aliphatic heterocycles. The summed E-state index contributed by atoms with van der Waals surface area (Å²) in [5.74, 6) is -0.521. The number of hydrogen-bond acceptors (Lipinski definition) is 5. The van der Waals surface area contributed by atoms with E-state index in [2.05, 4.69) is 19.7 Å². The molecular formula is C12H16N4O2. The van der Waals surface area contributed by atoms with Crippen molar-refractivity contribution in [1.29, 1.82) is 0 Å². The fourth-order valence-corrected chi connectivity index (χ4v) is 1.78. The minimum atomic E-state index is -0.560. The average Bonchev–Trinajstić information content (AvgIpc) is 2.68. The van der Waals surface area contributed by atoms with E-state index in [1.54, 1.807) is 6.20 Å². The Labute approximate surface area is 105 Å². The molecule has 2 rings (SSSR count). The van der Waals surface area contributed by atoms with Crippen molar-refractivity contribution in [3.05, 3.63) is 17.7 Å². The SMILES string of the molecule is COC(=O)c1nc(C(C)(C)C)c2c(N)c[nH]c2n1. The number of anilines is 1. The summed E-state index contributed by atoms with van der Waals surface area (Å²) < 4.78 is 4.65. The number of aromatic amines is 1. The maximum absolute atomic E-state index is 11.6. The highest BCUT2D eigenvalue weighted by Gasteiger charge is 2.24. The molecule has 96 valence electrons. The van der Waals surface area contributed by atoms with Crippen LogP contribution >= 0.6 is 0 Å². The zero-order valence-electron chi connectivity index (χ0n) is 10.9. The zero-order valence-corrected chi connectivity index (χ0v) is 10.9. The summed E-state index contributed by atoms with van der Waals surface area (Å²) >= 11 is 0. The average molecular weight is 248 g/mol. The summed E-state index contributed by atoms with van der Waals surface area (Å²) in [7, 11) is 1.30. The third-order valence-corrected chi connectivity index (χ3v) is 2.64. The quantitative estimate of drug-likeness (QED) is 0.748. The first kappa shape index (κ1) is 12.3. The van der Waals surface area contributed by atoms with E-state index in [1.807, 2.05) is 20.8 Å². The van der Waals surface area contributed by atoms with E-state index in [9.17, 15) is 4.79 Å². The molecule has 6 heteroatoms. The number of nitrogens with two attached hydrogens (primary N) is 1. The lowest BCUT2D eigenvalue weighted by atomic mass is 9.89. The highest BCUT2D eigenvalue weighted by atomic mass is 16.5. The Morgan fingerprint density at radius 1 is 1.39 bits per heavy atom. The van der Waals surface area contributed by atoms with Crippen molar-refractivity contribution in [2.75, 3.05) is 12.8 Å². The molecule has 0 bridgehead atoms. The van der Waals surface area contributed by atoms with Crippen LogP contribution in [0.2, 0.25) is 0 Å². The number of ether oxygens (including phenoxy) is 1. The number of nitrogens with one attached hydrogen (secondary N) is 1. The van der Waals surface area contributed by atoms with E-state index in [0.29, 0.717) is 11.3 Å². The van der Waals surface area contributed by atoms with E-state index >= 15 is 0 Å². The number of fused-ring (bicyclic) bond motifs is 1. The maximum Gasteiger partial charge on any atom is 0.376 e. The van der Waals surface area contributed by atoms with Crippen LogP contribution in [-0.2, 0) is 10.2 Å². The smallest absolute Gasteiger partial charge is 0.376 e. The highest BCUT2D eigenvalue weighted by molar-refractivity contribution is 5.94. The third-order valence-electron chi connectivity index (χ3n) is 2.64. The standard InChI is InChI=1S/C12H16N4O2/c1-12(2,3)8-7-6(13)5-14-9(7)16-10(15-8)11(17)18-4/h5H,13H2,1-4H3,(H,14,15,16). The topological polar surface area (TPSA) is 93.9 Å². The van der Waals surface area contributed by atoms with Gasteiger partial charge in [0.2, 0.25) is 5.82 Å². The van der Waals surface area contributed by atoms with Crippen molar-refractivity contribution < 1.29 is 9.53 Å². The molecular weight excluding hydrogens is 232 g/mol. The fraction of sp³-hybridized carbons (Fsp3) is 0.417. The molecule has 0 aliphatic rings.